The number of rotatable bonds is 4. The molecule has 2 aromatic carbocycles. The van der Waals surface area contributed by atoms with E-state index in [0.29, 0.717) is 16.6 Å². The number of hydrogen-bond donors (Lipinski definition) is 1. The minimum atomic E-state index is -0.876. The average Bonchev–Trinajstić information content (AvgIpc) is 3.05. The molecule has 1 amide bonds. The molecular weight excluding hydrogens is 361 g/mol. The quantitative estimate of drug-likeness (QED) is 0.879. The van der Waals surface area contributed by atoms with Gasteiger partial charge in [0, 0.05) is 19.0 Å². The van der Waals surface area contributed by atoms with Gasteiger partial charge in [-0.2, -0.15) is 0 Å². The zero-order valence-electron chi connectivity index (χ0n) is 13.4. The van der Waals surface area contributed by atoms with Crippen molar-refractivity contribution in [2.24, 2.45) is 5.92 Å². The Balaban J connectivity index is 1.75. The van der Waals surface area contributed by atoms with Crippen molar-refractivity contribution in [3.05, 3.63) is 69.7 Å². The standard InChI is InChI=1S/C19H17Cl2NO3/c20-16-7-6-12(8-17(16)21)9-18(23)22-10-14(15(11-22)19(24)25)13-4-2-1-3-5-13/h1-8,14-15H,9-11H2,(H,24,25). The fourth-order valence-electron chi connectivity index (χ4n) is 3.23. The van der Waals surface area contributed by atoms with E-state index in [1.165, 1.54) is 0 Å². The molecule has 0 aromatic heterocycles. The maximum atomic E-state index is 12.6. The van der Waals surface area contributed by atoms with Gasteiger partial charge in [-0.3, -0.25) is 9.59 Å². The lowest BCUT2D eigenvalue weighted by Crippen LogP contribution is -2.31. The summed E-state index contributed by atoms with van der Waals surface area (Å²) in [5.41, 5.74) is 1.70. The van der Waals surface area contributed by atoms with Crippen molar-refractivity contribution in [2.75, 3.05) is 13.1 Å². The van der Waals surface area contributed by atoms with E-state index in [1.54, 1.807) is 23.1 Å². The Labute approximate surface area is 156 Å². The number of benzene rings is 2. The van der Waals surface area contributed by atoms with Crippen LogP contribution in [0, 0.1) is 5.92 Å². The van der Waals surface area contributed by atoms with E-state index in [-0.39, 0.29) is 24.8 Å². The first-order valence-electron chi connectivity index (χ1n) is 7.95. The van der Waals surface area contributed by atoms with Crippen LogP contribution < -0.4 is 0 Å². The molecule has 6 heteroatoms. The molecular formula is C19H17Cl2NO3. The van der Waals surface area contributed by atoms with Crippen LogP contribution in [-0.4, -0.2) is 35.0 Å². The van der Waals surface area contributed by atoms with E-state index in [2.05, 4.69) is 0 Å². The summed E-state index contributed by atoms with van der Waals surface area (Å²) in [7, 11) is 0. The van der Waals surface area contributed by atoms with Crippen LogP contribution in [0.3, 0.4) is 0 Å². The topological polar surface area (TPSA) is 57.6 Å². The molecule has 0 bridgehead atoms. The van der Waals surface area contributed by atoms with Crippen LogP contribution in [0.1, 0.15) is 17.0 Å². The molecule has 1 heterocycles. The number of halogens is 2. The van der Waals surface area contributed by atoms with E-state index in [4.69, 9.17) is 23.2 Å². The van der Waals surface area contributed by atoms with E-state index < -0.39 is 11.9 Å². The Kier molecular flexibility index (Phi) is 5.30. The molecule has 1 N–H and O–H groups in total. The maximum absolute atomic E-state index is 12.6. The van der Waals surface area contributed by atoms with Crippen LogP contribution in [0.15, 0.2) is 48.5 Å². The van der Waals surface area contributed by atoms with Crippen molar-refractivity contribution in [3.63, 3.8) is 0 Å². The van der Waals surface area contributed by atoms with Crippen molar-refractivity contribution in [2.45, 2.75) is 12.3 Å². The zero-order valence-corrected chi connectivity index (χ0v) is 14.9. The second-order valence-electron chi connectivity index (χ2n) is 6.19. The van der Waals surface area contributed by atoms with Gasteiger partial charge in [0.25, 0.3) is 0 Å². The van der Waals surface area contributed by atoms with Crippen LogP contribution in [0.4, 0.5) is 0 Å². The lowest BCUT2D eigenvalue weighted by atomic mass is 9.89. The zero-order chi connectivity index (χ0) is 18.0. The molecule has 4 nitrogen and oxygen atoms in total. The predicted octanol–water partition coefficient (Wildman–Crippen LogP) is 3.86. The summed E-state index contributed by atoms with van der Waals surface area (Å²) in [5, 5.41) is 10.4. The molecule has 2 unspecified atom stereocenters. The van der Waals surface area contributed by atoms with Gasteiger partial charge in [0.05, 0.1) is 22.4 Å². The van der Waals surface area contributed by atoms with Gasteiger partial charge in [-0.05, 0) is 23.3 Å². The molecule has 1 aliphatic rings. The SMILES string of the molecule is O=C(O)C1CN(C(=O)Cc2ccc(Cl)c(Cl)c2)CC1c1ccccc1. The minimum absolute atomic E-state index is 0.108. The summed E-state index contributed by atoms with van der Waals surface area (Å²) in [6.45, 7) is 0.621. The number of carboxylic acids is 1. The summed E-state index contributed by atoms with van der Waals surface area (Å²) in [5.74, 6) is -1.78. The first kappa shape index (κ1) is 17.8. The molecule has 3 rings (SSSR count). The average molecular weight is 378 g/mol. The highest BCUT2D eigenvalue weighted by molar-refractivity contribution is 6.42. The van der Waals surface area contributed by atoms with Gasteiger partial charge in [-0.1, -0.05) is 59.6 Å². The number of likely N-dealkylation sites (tertiary alicyclic amines) is 1. The highest BCUT2D eigenvalue weighted by Gasteiger charge is 2.40. The van der Waals surface area contributed by atoms with Crippen LogP contribution in [0.5, 0.6) is 0 Å². The van der Waals surface area contributed by atoms with E-state index in [0.717, 1.165) is 11.1 Å². The molecule has 2 atom stereocenters. The summed E-state index contributed by atoms with van der Waals surface area (Å²) in [6.07, 6.45) is 0.171. The third-order valence-electron chi connectivity index (χ3n) is 4.56. The molecule has 25 heavy (non-hydrogen) atoms. The molecule has 0 aliphatic carbocycles. The second-order valence-corrected chi connectivity index (χ2v) is 7.00. The fourth-order valence-corrected chi connectivity index (χ4v) is 3.55. The van der Waals surface area contributed by atoms with Crippen LogP contribution in [0.25, 0.3) is 0 Å². The number of hydrogen-bond acceptors (Lipinski definition) is 2. The van der Waals surface area contributed by atoms with Crippen molar-refractivity contribution in [3.8, 4) is 0 Å². The van der Waals surface area contributed by atoms with Gasteiger partial charge in [0.15, 0.2) is 0 Å². The Morgan fingerprint density at radius 2 is 1.76 bits per heavy atom. The highest BCUT2D eigenvalue weighted by Crippen LogP contribution is 2.33. The van der Waals surface area contributed by atoms with Crippen molar-refractivity contribution < 1.29 is 14.7 Å². The third-order valence-corrected chi connectivity index (χ3v) is 5.30. The maximum Gasteiger partial charge on any atom is 0.308 e. The second kappa shape index (κ2) is 7.46. The van der Waals surface area contributed by atoms with Crippen molar-refractivity contribution in [1.82, 2.24) is 4.90 Å². The summed E-state index contributed by atoms with van der Waals surface area (Å²) < 4.78 is 0. The van der Waals surface area contributed by atoms with Gasteiger partial charge in [-0.25, -0.2) is 0 Å². The minimum Gasteiger partial charge on any atom is -0.481 e. The van der Waals surface area contributed by atoms with Gasteiger partial charge in [0.1, 0.15) is 0 Å². The first-order valence-corrected chi connectivity index (χ1v) is 8.70. The largest absolute Gasteiger partial charge is 0.481 e. The molecule has 1 fully saturated rings. The number of carbonyl (C=O) groups excluding carboxylic acids is 1. The monoisotopic (exact) mass is 377 g/mol. The van der Waals surface area contributed by atoms with Crippen LogP contribution in [-0.2, 0) is 16.0 Å². The van der Waals surface area contributed by atoms with Crippen molar-refractivity contribution >= 4 is 35.1 Å². The fraction of sp³-hybridized carbons (Fsp3) is 0.263. The molecule has 0 saturated carbocycles. The summed E-state index contributed by atoms with van der Waals surface area (Å²) >= 11 is 11.9. The lowest BCUT2D eigenvalue weighted by molar-refractivity contribution is -0.141. The van der Waals surface area contributed by atoms with Crippen LogP contribution >= 0.6 is 23.2 Å². The molecule has 130 valence electrons. The molecule has 2 aromatic rings. The number of carbonyl (C=O) groups is 2. The normalized spacial score (nSPS) is 19.8. The molecule has 1 aliphatic heterocycles. The highest BCUT2D eigenvalue weighted by atomic mass is 35.5. The number of nitrogens with zero attached hydrogens (tertiary/aromatic N) is 1. The summed E-state index contributed by atoms with van der Waals surface area (Å²) in [6, 6.07) is 14.6. The lowest BCUT2D eigenvalue weighted by Gasteiger charge is -2.17. The molecule has 1 saturated heterocycles. The summed E-state index contributed by atoms with van der Waals surface area (Å²) in [4.78, 5) is 25.9. The predicted molar refractivity (Wildman–Crippen MR) is 97.1 cm³/mol. The Hall–Kier alpha value is -2.04. The number of aliphatic carboxylic acids is 1. The molecule has 0 spiro atoms. The van der Waals surface area contributed by atoms with Gasteiger partial charge in [0.2, 0.25) is 5.91 Å². The number of carboxylic acid groups (broad SMARTS) is 1. The van der Waals surface area contributed by atoms with E-state index in [1.807, 2.05) is 30.3 Å². The number of amides is 1. The first-order chi connectivity index (χ1) is 12.0. The van der Waals surface area contributed by atoms with E-state index in [9.17, 15) is 14.7 Å². The Morgan fingerprint density at radius 3 is 2.40 bits per heavy atom. The van der Waals surface area contributed by atoms with Crippen LogP contribution in [0.2, 0.25) is 10.0 Å². The Bertz CT molecular complexity index is 795. The van der Waals surface area contributed by atoms with Gasteiger partial charge < -0.3 is 10.0 Å². The third kappa shape index (κ3) is 3.97. The smallest absolute Gasteiger partial charge is 0.308 e. The molecule has 0 radical (unpaired) electrons. The Morgan fingerprint density at radius 1 is 1.04 bits per heavy atom. The van der Waals surface area contributed by atoms with Gasteiger partial charge in [-0.15, -0.1) is 0 Å². The van der Waals surface area contributed by atoms with Gasteiger partial charge >= 0.3 is 5.97 Å². The van der Waals surface area contributed by atoms with Crippen molar-refractivity contribution in [1.29, 1.82) is 0 Å². The van der Waals surface area contributed by atoms with E-state index >= 15 is 0 Å².